The number of carbonyl (C=O) groups is 1. The molecule has 1 rings (SSSR count). The van der Waals surface area contributed by atoms with Crippen LogP contribution < -0.4 is 0 Å². The minimum Gasteiger partial charge on any atom is -0.341 e. The summed E-state index contributed by atoms with van der Waals surface area (Å²) in [5.74, 6) is -0.112. The lowest BCUT2D eigenvalue weighted by molar-refractivity contribution is -0.124. The lowest BCUT2D eigenvalue weighted by Crippen LogP contribution is -2.25. The summed E-state index contributed by atoms with van der Waals surface area (Å²) in [4.78, 5) is 13.0. The van der Waals surface area contributed by atoms with Crippen LogP contribution in [0.3, 0.4) is 0 Å². The van der Waals surface area contributed by atoms with Crippen LogP contribution in [0.4, 0.5) is 0 Å². The number of likely N-dealkylation sites (N-methyl/N-ethyl adjacent to an activating group) is 1. The zero-order chi connectivity index (χ0) is 12.0. The van der Waals surface area contributed by atoms with E-state index in [0.717, 1.165) is 5.56 Å². The molecule has 0 saturated heterocycles. The Hall–Kier alpha value is -2.09. The second-order valence-electron chi connectivity index (χ2n) is 3.45. The van der Waals surface area contributed by atoms with Crippen molar-refractivity contribution in [2.45, 2.75) is 6.42 Å². The van der Waals surface area contributed by atoms with Crippen molar-refractivity contribution in [2.75, 3.05) is 13.6 Å². The zero-order valence-corrected chi connectivity index (χ0v) is 9.42. The van der Waals surface area contributed by atoms with Crippen molar-refractivity contribution in [3.05, 3.63) is 24.0 Å². The van der Waals surface area contributed by atoms with E-state index in [1.165, 1.54) is 11.0 Å². The van der Waals surface area contributed by atoms with Crippen LogP contribution in [-0.4, -0.2) is 34.2 Å². The van der Waals surface area contributed by atoms with Crippen LogP contribution in [0.5, 0.6) is 0 Å². The van der Waals surface area contributed by atoms with Gasteiger partial charge in [-0.2, -0.15) is 10.4 Å². The number of amides is 1. The molecule has 0 spiro atoms. The Morgan fingerprint density at radius 2 is 2.50 bits per heavy atom. The van der Waals surface area contributed by atoms with Gasteiger partial charge in [-0.15, -0.1) is 0 Å². The second kappa shape index (κ2) is 5.71. The van der Waals surface area contributed by atoms with Gasteiger partial charge in [0, 0.05) is 38.5 Å². The van der Waals surface area contributed by atoms with Crippen molar-refractivity contribution in [3.63, 3.8) is 0 Å². The standard InChI is InChI=1S/C11H14N4O/c1-14(7-3-6-12)11(16)5-4-10-8-13-15(2)9-10/h4-5,8-9H,3,7H2,1-2H3/b5-4-. The molecular formula is C11H14N4O. The largest absolute Gasteiger partial charge is 0.341 e. The minimum absolute atomic E-state index is 0.112. The smallest absolute Gasteiger partial charge is 0.246 e. The van der Waals surface area contributed by atoms with Gasteiger partial charge < -0.3 is 4.90 Å². The molecule has 1 heterocycles. The molecule has 16 heavy (non-hydrogen) atoms. The van der Waals surface area contributed by atoms with Gasteiger partial charge in [-0.3, -0.25) is 9.48 Å². The minimum atomic E-state index is -0.112. The van der Waals surface area contributed by atoms with E-state index in [0.29, 0.717) is 13.0 Å². The van der Waals surface area contributed by atoms with Gasteiger partial charge in [0.15, 0.2) is 0 Å². The first kappa shape index (κ1) is 12.0. The van der Waals surface area contributed by atoms with Gasteiger partial charge >= 0.3 is 0 Å². The highest BCUT2D eigenvalue weighted by molar-refractivity contribution is 5.91. The highest BCUT2D eigenvalue weighted by Gasteiger charge is 2.03. The maximum atomic E-state index is 11.5. The Morgan fingerprint density at radius 3 is 3.06 bits per heavy atom. The third-order valence-corrected chi connectivity index (χ3v) is 2.08. The molecule has 0 aliphatic rings. The summed E-state index contributed by atoms with van der Waals surface area (Å²) in [6, 6.07) is 2.00. The summed E-state index contributed by atoms with van der Waals surface area (Å²) in [5.41, 5.74) is 0.879. The highest BCUT2D eigenvalue weighted by atomic mass is 16.2. The predicted octanol–water partition coefficient (Wildman–Crippen LogP) is 0.805. The summed E-state index contributed by atoms with van der Waals surface area (Å²) < 4.78 is 1.67. The van der Waals surface area contributed by atoms with Crippen LogP contribution in [0.2, 0.25) is 0 Å². The molecule has 0 bridgehead atoms. The van der Waals surface area contributed by atoms with Gasteiger partial charge in [0.2, 0.25) is 5.91 Å². The number of aromatic nitrogens is 2. The van der Waals surface area contributed by atoms with Crippen LogP contribution in [-0.2, 0) is 11.8 Å². The molecule has 0 unspecified atom stereocenters. The second-order valence-corrected chi connectivity index (χ2v) is 3.45. The van der Waals surface area contributed by atoms with Crippen LogP contribution >= 0.6 is 0 Å². The summed E-state index contributed by atoms with van der Waals surface area (Å²) in [5, 5.41) is 12.4. The maximum Gasteiger partial charge on any atom is 0.246 e. The molecule has 1 aromatic heterocycles. The third-order valence-electron chi connectivity index (χ3n) is 2.08. The van der Waals surface area contributed by atoms with Crippen LogP contribution in [0.15, 0.2) is 18.5 Å². The fourth-order valence-electron chi connectivity index (χ4n) is 1.15. The first-order chi connectivity index (χ1) is 7.63. The van der Waals surface area contributed by atoms with Crippen LogP contribution in [0, 0.1) is 11.3 Å². The molecule has 0 N–H and O–H groups in total. The molecule has 5 nitrogen and oxygen atoms in total. The molecule has 0 radical (unpaired) electrons. The van der Waals surface area contributed by atoms with Gasteiger partial charge in [0.05, 0.1) is 18.7 Å². The number of nitriles is 1. The Morgan fingerprint density at radius 1 is 1.75 bits per heavy atom. The Labute approximate surface area is 94.6 Å². The summed E-state index contributed by atoms with van der Waals surface area (Å²) >= 11 is 0. The van der Waals surface area contributed by atoms with E-state index in [2.05, 4.69) is 5.10 Å². The number of hydrogen-bond donors (Lipinski definition) is 0. The van der Waals surface area contributed by atoms with E-state index in [1.807, 2.05) is 19.3 Å². The molecule has 0 aromatic carbocycles. The summed E-state index contributed by atoms with van der Waals surface area (Å²) in [6.45, 7) is 0.451. The van der Waals surface area contributed by atoms with E-state index >= 15 is 0 Å². The van der Waals surface area contributed by atoms with Gasteiger partial charge in [-0.1, -0.05) is 0 Å². The predicted molar refractivity (Wildman–Crippen MR) is 60.1 cm³/mol. The van der Waals surface area contributed by atoms with Crippen LogP contribution in [0.25, 0.3) is 6.08 Å². The van der Waals surface area contributed by atoms with E-state index < -0.39 is 0 Å². The molecule has 5 heteroatoms. The molecule has 84 valence electrons. The number of aryl methyl sites for hydroxylation is 1. The molecule has 0 fully saturated rings. The van der Waals surface area contributed by atoms with Gasteiger partial charge in [-0.25, -0.2) is 0 Å². The van der Waals surface area contributed by atoms with Gasteiger partial charge in [-0.05, 0) is 6.08 Å². The fraction of sp³-hybridized carbons (Fsp3) is 0.364. The topological polar surface area (TPSA) is 61.9 Å². The first-order valence-electron chi connectivity index (χ1n) is 4.92. The summed E-state index contributed by atoms with van der Waals surface area (Å²) in [7, 11) is 3.49. The van der Waals surface area contributed by atoms with Crippen LogP contribution in [0.1, 0.15) is 12.0 Å². The molecule has 0 saturated carbocycles. The van der Waals surface area contributed by atoms with Crippen molar-refractivity contribution in [1.82, 2.24) is 14.7 Å². The summed E-state index contributed by atoms with van der Waals surface area (Å²) in [6.07, 6.45) is 7.04. The molecular weight excluding hydrogens is 204 g/mol. The van der Waals surface area contributed by atoms with Crippen molar-refractivity contribution >= 4 is 12.0 Å². The monoisotopic (exact) mass is 218 g/mol. The number of rotatable bonds is 4. The molecule has 0 aliphatic heterocycles. The van der Waals surface area contributed by atoms with E-state index in [1.54, 1.807) is 24.0 Å². The average Bonchev–Trinajstić information content (AvgIpc) is 2.68. The zero-order valence-electron chi connectivity index (χ0n) is 9.42. The third kappa shape index (κ3) is 3.58. The Kier molecular flexibility index (Phi) is 4.28. The first-order valence-corrected chi connectivity index (χ1v) is 4.92. The number of hydrogen-bond acceptors (Lipinski definition) is 3. The number of nitrogens with zero attached hydrogens (tertiary/aromatic N) is 4. The van der Waals surface area contributed by atoms with Crippen molar-refractivity contribution in [1.29, 1.82) is 5.26 Å². The fourth-order valence-corrected chi connectivity index (χ4v) is 1.15. The SMILES string of the molecule is CN(CCC#N)C(=O)/C=C\c1cnn(C)c1. The number of carbonyl (C=O) groups excluding carboxylic acids is 1. The van der Waals surface area contributed by atoms with E-state index in [4.69, 9.17) is 5.26 Å². The Bertz CT molecular complexity index is 427. The normalized spacial score (nSPS) is 10.3. The molecule has 1 aromatic rings. The van der Waals surface area contributed by atoms with Crippen molar-refractivity contribution < 1.29 is 4.79 Å². The quantitative estimate of drug-likeness (QED) is 0.702. The van der Waals surface area contributed by atoms with E-state index in [-0.39, 0.29) is 5.91 Å². The lowest BCUT2D eigenvalue weighted by atomic mass is 10.3. The highest BCUT2D eigenvalue weighted by Crippen LogP contribution is 2.00. The van der Waals surface area contributed by atoms with Gasteiger partial charge in [0.25, 0.3) is 0 Å². The Balaban J connectivity index is 2.51. The molecule has 1 amide bonds. The van der Waals surface area contributed by atoms with Crippen molar-refractivity contribution in [2.24, 2.45) is 7.05 Å². The molecule has 0 atom stereocenters. The van der Waals surface area contributed by atoms with Crippen molar-refractivity contribution in [3.8, 4) is 6.07 Å². The van der Waals surface area contributed by atoms with Gasteiger partial charge in [0.1, 0.15) is 0 Å². The average molecular weight is 218 g/mol. The molecule has 0 aliphatic carbocycles. The maximum absolute atomic E-state index is 11.5. The lowest BCUT2D eigenvalue weighted by Gasteiger charge is -2.11. The van der Waals surface area contributed by atoms with E-state index in [9.17, 15) is 4.79 Å².